The molecule has 1 atom stereocenters. The first-order valence-corrected chi connectivity index (χ1v) is 12.8. The van der Waals surface area contributed by atoms with Crippen molar-refractivity contribution in [2.75, 3.05) is 43.4 Å². The van der Waals surface area contributed by atoms with Crippen molar-refractivity contribution in [1.29, 1.82) is 0 Å². The number of anilines is 2. The smallest absolute Gasteiger partial charge is 0.313 e. The van der Waals surface area contributed by atoms with Crippen molar-refractivity contribution in [1.82, 2.24) is 30.0 Å². The maximum Gasteiger partial charge on any atom is 0.313 e. The summed E-state index contributed by atoms with van der Waals surface area (Å²) in [5.41, 5.74) is 7.57. The first-order chi connectivity index (χ1) is 17.4. The maximum atomic E-state index is 12.9. The van der Waals surface area contributed by atoms with Crippen molar-refractivity contribution in [3.05, 3.63) is 46.7 Å². The fraction of sp³-hybridized carbons (Fsp3) is 0.480. The molecular formula is C25H31ClN8O2. The lowest BCUT2D eigenvalue weighted by molar-refractivity contribution is 0.0490. The van der Waals surface area contributed by atoms with Crippen molar-refractivity contribution in [3.8, 4) is 11.6 Å². The molecule has 1 amide bonds. The molecule has 2 fully saturated rings. The Morgan fingerprint density at radius 2 is 1.89 bits per heavy atom. The van der Waals surface area contributed by atoms with Gasteiger partial charge in [0.2, 0.25) is 0 Å². The van der Waals surface area contributed by atoms with Gasteiger partial charge in [-0.05, 0) is 50.5 Å². The van der Waals surface area contributed by atoms with Gasteiger partial charge in [-0.25, -0.2) is 9.97 Å². The molecule has 1 unspecified atom stereocenters. The van der Waals surface area contributed by atoms with Crippen LogP contribution in [0.2, 0.25) is 5.02 Å². The van der Waals surface area contributed by atoms with E-state index in [4.69, 9.17) is 21.8 Å². The van der Waals surface area contributed by atoms with Crippen LogP contribution in [-0.4, -0.2) is 80.7 Å². The molecule has 2 aliphatic heterocycles. The summed E-state index contributed by atoms with van der Waals surface area (Å²) < 4.78 is 5.28. The van der Waals surface area contributed by atoms with E-state index in [-0.39, 0.29) is 17.8 Å². The molecule has 0 aliphatic carbocycles. The van der Waals surface area contributed by atoms with Crippen LogP contribution in [0.5, 0.6) is 0 Å². The molecule has 10 nitrogen and oxygen atoms in total. The molecule has 2 N–H and O–H groups in total. The number of rotatable bonds is 5. The van der Waals surface area contributed by atoms with E-state index < -0.39 is 0 Å². The Bertz CT molecular complexity index is 1210. The number of likely N-dealkylation sites (tertiary alicyclic amines) is 1. The second kappa shape index (κ2) is 10.4. The highest BCUT2D eigenvalue weighted by atomic mass is 35.5. The predicted molar refractivity (Wildman–Crippen MR) is 138 cm³/mol. The minimum atomic E-state index is 0.00983. The van der Waals surface area contributed by atoms with E-state index in [0.717, 1.165) is 63.5 Å². The predicted octanol–water partition coefficient (Wildman–Crippen LogP) is 3.28. The number of nitrogens with two attached hydrogens (primary N) is 1. The highest BCUT2D eigenvalue weighted by molar-refractivity contribution is 6.30. The fourth-order valence-electron chi connectivity index (χ4n) is 5.31. The number of piperazine rings is 1. The van der Waals surface area contributed by atoms with Gasteiger partial charge in [0.25, 0.3) is 11.8 Å². The molecular weight excluding hydrogens is 480 g/mol. The van der Waals surface area contributed by atoms with Gasteiger partial charge < -0.3 is 20.0 Å². The number of hydrogen-bond acceptors (Lipinski definition) is 9. The largest absolute Gasteiger partial charge is 0.402 e. The molecule has 190 valence electrons. The quantitative estimate of drug-likeness (QED) is 0.551. The summed E-state index contributed by atoms with van der Waals surface area (Å²) in [6, 6.07) is 8.05. The Morgan fingerprint density at radius 3 is 2.53 bits per heavy atom. The number of hydrogen-bond donors (Lipinski definition) is 1. The lowest BCUT2D eigenvalue weighted by Gasteiger charge is -2.47. The van der Waals surface area contributed by atoms with Crippen LogP contribution in [-0.2, 0) is 0 Å². The van der Waals surface area contributed by atoms with E-state index in [2.05, 4.69) is 36.9 Å². The summed E-state index contributed by atoms with van der Waals surface area (Å²) in [5.74, 6) is 1.24. The number of aryl methyl sites for hydroxylation is 1. The van der Waals surface area contributed by atoms with E-state index in [1.165, 1.54) is 0 Å². The molecule has 0 saturated carbocycles. The number of carbonyl (C=O) groups excluding carboxylic acids is 1. The standard InChI is InChI=1S/C25H31ClN8O2/c1-3-19-15-33(22-16(2)29-21(14-28-22)23-30-31-25(27)36-23)12-13-34(19)20-8-10-32(11-9-20)24(35)17-4-6-18(26)7-5-17/h4-7,14,19-20H,3,8-13,15H2,1-2H3,(H2,27,31). The van der Waals surface area contributed by atoms with Crippen molar-refractivity contribution >= 4 is 29.3 Å². The third-order valence-electron chi connectivity index (χ3n) is 7.19. The lowest BCUT2D eigenvalue weighted by Crippen LogP contribution is -2.58. The molecule has 2 aliphatic rings. The minimum absolute atomic E-state index is 0.00983. The highest BCUT2D eigenvalue weighted by Gasteiger charge is 2.35. The monoisotopic (exact) mass is 510 g/mol. The molecule has 2 aromatic heterocycles. The van der Waals surface area contributed by atoms with Gasteiger partial charge in [-0.1, -0.05) is 23.6 Å². The fourth-order valence-corrected chi connectivity index (χ4v) is 5.43. The number of piperidine rings is 1. The van der Waals surface area contributed by atoms with E-state index in [1.807, 2.05) is 11.8 Å². The van der Waals surface area contributed by atoms with E-state index in [0.29, 0.717) is 28.4 Å². The first-order valence-electron chi connectivity index (χ1n) is 12.4. The van der Waals surface area contributed by atoms with Crippen LogP contribution in [0.4, 0.5) is 11.8 Å². The number of nitrogen functional groups attached to an aromatic ring is 1. The average Bonchev–Trinajstić information content (AvgIpc) is 3.34. The van der Waals surface area contributed by atoms with Crippen molar-refractivity contribution in [2.45, 2.75) is 45.2 Å². The molecule has 2 saturated heterocycles. The molecule has 5 rings (SSSR count). The van der Waals surface area contributed by atoms with E-state index in [1.54, 1.807) is 30.5 Å². The van der Waals surface area contributed by atoms with Gasteiger partial charge in [-0.2, -0.15) is 0 Å². The average molecular weight is 511 g/mol. The topological polar surface area (TPSA) is 118 Å². The number of carbonyl (C=O) groups is 1. The molecule has 4 heterocycles. The molecule has 0 radical (unpaired) electrons. The Balaban J connectivity index is 1.20. The van der Waals surface area contributed by atoms with Gasteiger partial charge in [-0.3, -0.25) is 9.69 Å². The zero-order valence-electron chi connectivity index (χ0n) is 20.6. The first kappa shape index (κ1) is 24.5. The second-order valence-electron chi connectivity index (χ2n) is 9.39. The number of nitrogens with zero attached hydrogens (tertiary/aromatic N) is 7. The van der Waals surface area contributed by atoms with E-state index in [9.17, 15) is 4.79 Å². The maximum absolute atomic E-state index is 12.9. The van der Waals surface area contributed by atoms with Crippen LogP contribution < -0.4 is 10.6 Å². The van der Waals surface area contributed by atoms with Crippen LogP contribution in [0.15, 0.2) is 34.9 Å². The highest BCUT2D eigenvalue weighted by Crippen LogP contribution is 2.28. The third-order valence-corrected chi connectivity index (χ3v) is 7.44. The van der Waals surface area contributed by atoms with Gasteiger partial charge in [0.05, 0.1) is 11.9 Å². The van der Waals surface area contributed by atoms with Crippen molar-refractivity contribution in [2.24, 2.45) is 0 Å². The minimum Gasteiger partial charge on any atom is -0.402 e. The summed E-state index contributed by atoms with van der Waals surface area (Å²) >= 11 is 5.97. The van der Waals surface area contributed by atoms with E-state index >= 15 is 0 Å². The SMILES string of the molecule is CCC1CN(c2ncc(-c3nnc(N)o3)nc2C)CCN1C1CCN(C(=O)c2ccc(Cl)cc2)CC1. The third kappa shape index (κ3) is 5.01. The van der Waals surface area contributed by atoms with Crippen LogP contribution >= 0.6 is 11.6 Å². The van der Waals surface area contributed by atoms with Gasteiger partial charge >= 0.3 is 6.01 Å². The number of halogens is 1. The molecule has 0 spiro atoms. The lowest BCUT2D eigenvalue weighted by atomic mass is 9.97. The zero-order valence-corrected chi connectivity index (χ0v) is 21.4. The van der Waals surface area contributed by atoms with Crippen molar-refractivity contribution < 1.29 is 9.21 Å². The molecule has 36 heavy (non-hydrogen) atoms. The normalized spacial score (nSPS) is 19.6. The van der Waals surface area contributed by atoms with Gasteiger partial charge in [0, 0.05) is 55.4 Å². The van der Waals surface area contributed by atoms with Crippen molar-refractivity contribution in [3.63, 3.8) is 0 Å². The zero-order chi connectivity index (χ0) is 25.2. The Kier molecular flexibility index (Phi) is 7.06. The summed E-state index contributed by atoms with van der Waals surface area (Å²) in [6.45, 7) is 8.46. The van der Waals surface area contributed by atoms with Crippen LogP contribution in [0, 0.1) is 6.92 Å². The summed E-state index contributed by atoms with van der Waals surface area (Å²) in [5, 5.41) is 8.23. The Hall–Kier alpha value is -3.24. The Labute approximate surface area is 215 Å². The second-order valence-corrected chi connectivity index (χ2v) is 9.82. The molecule has 0 bridgehead atoms. The molecule has 1 aromatic carbocycles. The van der Waals surface area contributed by atoms with Crippen LogP contribution in [0.1, 0.15) is 42.2 Å². The Morgan fingerprint density at radius 1 is 1.14 bits per heavy atom. The molecule has 3 aromatic rings. The number of aromatic nitrogens is 4. The summed E-state index contributed by atoms with van der Waals surface area (Å²) in [7, 11) is 0. The summed E-state index contributed by atoms with van der Waals surface area (Å²) in [6.07, 6.45) is 4.68. The number of amides is 1. The van der Waals surface area contributed by atoms with Crippen LogP contribution in [0.3, 0.4) is 0 Å². The molecule has 11 heteroatoms. The number of benzene rings is 1. The van der Waals surface area contributed by atoms with Gasteiger partial charge in [0.15, 0.2) is 0 Å². The van der Waals surface area contributed by atoms with Gasteiger partial charge in [-0.15, -0.1) is 5.10 Å². The van der Waals surface area contributed by atoms with Crippen LogP contribution in [0.25, 0.3) is 11.6 Å². The summed E-state index contributed by atoms with van der Waals surface area (Å²) in [4.78, 5) is 29.1. The van der Waals surface area contributed by atoms with Gasteiger partial charge in [0.1, 0.15) is 11.5 Å².